The lowest BCUT2D eigenvalue weighted by Gasteiger charge is -2.37. The van der Waals surface area contributed by atoms with Crippen molar-refractivity contribution < 1.29 is 0 Å². The van der Waals surface area contributed by atoms with Gasteiger partial charge in [-0.25, -0.2) is 0 Å². The number of guanidine groups is 1. The van der Waals surface area contributed by atoms with Gasteiger partial charge in [-0.1, -0.05) is 25.3 Å². The predicted octanol–water partition coefficient (Wildman–Crippen LogP) is 3.63. The van der Waals surface area contributed by atoms with Crippen LogP contribution in [0.4, 0.5) is 0 Å². The lowest BCUT2D eigenvalue weighted by Crippen LogP contribution is -2.46. The summed E-state index contributed by atoms with van der Waals surface area (Å²) < 4.78 is 1.93. The number of nitrogens with one attached hydrogen (secondary N) is 2. The number of aromatic nitrogens is 2. The number of rotatable bonds is 6. The number of hydrogen-bond acceptors (Lipinski definition) is 3. The molecule has 2 aromatic rings. The summed E-state index contributed by atoms with van der Waals surface area (Å²) in [5.41, 5.74) is 0.270. The van der Waals surface area contributed by atoms with E-state index in [2.05, 4.69) is 38.2 Å². The lowest BCUT2D eigenvalue weighted by molar-refractivity contribution is 0.296. The van der Waals surface area contributed by atoms with Crippen LogP contribution < -0.4 is 10.6 Å². The van der Waals surface area contributed by atoms with Crippen LogP contribution in [0.25, 0.3) is 0 Å². The van der Waals surface area contributed by atoms with Crippen molar-refractivity contribution in [3.8, 4) is 0 Å². The van der Waals surface area contributed by atoms with Crippen molar-refractivity contribution in [3.63, 3.8) is 0 Å². The molecule has 2 N–H and O–H groups in total. The summed E-state index contributed by atoms with van der Waals surface area (Å²) in [6, 6.07) is 6.42. The first-order valence-electron chi connectivity index (χ1n) is 8.78. The Kier molecular flexibility index (Phi) is 8.21. The van der Waals surface area contributed by atoms with Crippen molar-refractivity contribution >= 4 is 41.3 Å². The Balaban J connectivity index is 0.00000225. The van der Waals surface area contributed by atoms with E-state index < -0.39 is 0 Å². The van der Waals surface area contributed by atoms with Gasteiger partial charge in [-0.05, 0) is 30.4 Å². The van der Waals surface area contributed by atoms with E-state index >= 15 is 0 Å². The van der Waals surface area contributed by atoms with Crippen LogP contribution >= 0.6 is 35.3 Å². The molecular formula is C18H28IN5S. The van der Waals surface area contributed by atoms with Gasteiger partial charge in [-0.2, -0.15) is 5.10 Å². The second-order valence-electron chi connectivity index (χ2n) is 6.44. The number of aliphatic imine (C=N–C) groups is 1. The molecule has 0 amide bonds. The minimum atomic E-state index is 0. The fraction of sp³-hybridized carbons (Fsp3) is 0.556. The summed E-state index contributed by atoms with van der Waals surface area (Å²) in [6.45, 7) is 2.60. The quantitative estimate of drug-likeness (QED) is 0.383. The SMILES string of the molecule is CN=C(NCCn1cccn1)NCC1(c2cccs2)CCCCC1.I. The van der Waals surface area contributed by atoms with E-state index in [9.17, 15) is 0 Å². The van der Waals surface area contributed by atoms with Gasteiger partial charge in [-0.15, -0.1) is 35.3 Å². The van der Waals surface area contributed by atoms with Gasteiger partial charge in [0.1, 0.15) is 0 Å². The topological polar surface area (TPSA) is 54.2 Å². The molecule has 0 aliphatic heterocycles. The molecule has 0 radical (unpaired) electrons. The van der Waals surface area contributed by atoms with Crippen LogP contribution in [0.5, 0.6) is 0 Å². The maximum atomic E-state index is 4.37. The third kappa shape index (κ3) is 5.44. The molecule has 0 aromatic carbocycles. The number of hydrogen-bond donors (Lipinski definition) is 2. The molecule has 1 aliphatic carbocycles. The Hall–Kier alpha value is -1.09. The van der Waals surface area contributed by atoms with Crippen LogP contribution in [0.3, 0.4) is 0 Å². The maximum Gasteiger partial charge on any atom is 0.191 e. The number of thiophene rings is 1. The van der Waals surface area contributed by atoms with Gasteiger partial charge < -0.3 is 10.6 Å². The summed E-state index contributed by atoms with van der Waals surface area (Å²) in [5, 5.41) is 13.4. The van der Waals surface area contributed by atoms with E-state index in [0.717, 1.165) is 25.6 Å². The molecule has 0 atom stereocenters. The molecular weight excluding hydrogens is 445 g/mol. The van der Waals surface area contributed by atoms with Crippen molar-refractivity contribution in [3.05, 3.63) is 40.8 Å². The summed E-state index contributed by atoms with van der Waals surface area (Å²) >= 11 is 1.89. The molecule has 25 heavy (non-hydrogen) atoms. The van der Waals surface area contributed by atoms with Gasteiger partial charge in [0.05, 0.1) is 6.54 Å². The van der Waals surface area contributed by atoms with Gasteiger partial charge in [0.25, 0.3) is 0 Å². The normalized spacial score (nSPS) is 16.9. The molecule has 0 saturated heterocycles. The van der Waals surface area contributed by atoms with Crippen LogP contribution in [0.2, 0.25) is 0 Å². The Morgan fingerprint density at radius 2 is 2.12 bits per heavy atom. The average Bonchev–Trinajstić information content (AvgIpc) is 3.32. The fourth-order valence-corrected chi connectivity index (χ4v) is 4.50. The molecule has 7 heteroatoms. The maximum absolute atomic E-state index is 4.37. The van der Waals surface area contributed by atoms with Crippen LogP contribution in [-0.4, -0.2) is 35.9 Å². The van der Waals surface area contributed by atoms with Gasteiger partial charge in [0.2, 0.25) is 0 Å². The van der Waals surface area contributed by atoms with Gasteiger partial charge in [0.15, 0.2) is 5.96 Å². The highest BCUT2D eigenvalue weighted by Crippen LogP contribution is 2.41. The molecule has 1 saturated carbocycles. The second-order valence-corrected chi connectivity index (χ2v) is 7.39. The number of nitrogens with zero attached hydrogens (tertiary/aromatic N) is 3. The highest BCUT2D eigenvalue weighted by atomic mass is 127. The first-order chi connectivity index (χ1) is 11.8. The van der Waals surface area contributed by atoms with Gasteiger partial charge in [-0.3, -0.25) is 9.67 Å². The largest absolute Gasteiger partial charge is 0.355 e. The zero-order chi connectivity index (χ0) is 16.7. The number of halogens is 1. The lowest BCUT2D eigenvalue weighted by atomic mass is 9.73. The smallest absolute Gasteiger partial charge is 0.191 e. The zero-order valence-corrected chi connectivity index (χ0v) is 17.9. The van der Waals surface area contributed by atoms with Crippen molar-refractivity contribution in [2.24, 2.45) is 4.99 Å². The van der Waals surface area contributed by atoms with Crippen molar-refractivity contribution in [2.75, 3.05) is 20.1 Å². The van der Waals surface area contributed by atoms with Crippen molar-refractivity contribution in [1.82, 2.24) is 20.4 Å². The van der Waals surface area contributed by atoms with Crippen molar-refractivity contribution in [1.29, 1.82) is 0 Å². The third-order valence-electron chi connectivity index (χ3n) is 4.86. The summed E-state index contributed by atoms with van der Waals surface area (Å²) in [4.78, 5) is 5.89. The summed E-state index contributed by atoms with van der Waals surface area (Å²) in [6.07, 6.45) is 10.3. The van der Waals surface area contributed by atoms with E-state index in [1.807, 2.05) is 35.3 Å². The van der Waals surface area contributed by atoms with E-state index in [1.165, 1.54) is 37.0 Å². The van der Waals surface area contributed by atoms with E-state index in [-0.39, 0.29) is 29.4 Å². The van der Waals surface area contributed by atoms with Gasteiger partial charge in [0, 0.05) is 42.8 Å². The first kappa shape index (κ1) is 20.2. The predicted molar refractivity (Wildman–Crippen MR) is 116 cm³/mol. The van der Waals surface area contributed by atoms with E-state index in [1.54, 1.807) is 6.20 Å². The molecule has 5 nitrogen and oxygen atoms in total. The second kappa shape index (κ2) is 10.2. The summed E-state index contributed by atoms with van der Waals surface area (Å²) in [7, 11) is 1.84. The zero-order valence-electron chi connectivity index (χ0n) is 14.8. The third-order valence-corrected chi connectivity index (χ3v) is 5.98. The molecule has 2 aromatic heterocycles. The highest BCUT2D eigenvalue weighted by Gasteiger charge is 2.34. The van der Waals surface area contributed by atoms with E-state index in [4.69, 9.17) is 0 Å². The van der Waals surface area contributed by atoms with Crippen LogP contribution in [-0.2, 0) is 12.0 Å². The van der Waals surface area contributed by atoms with Crippen LogP contribution in [0, 0.1) is 0 Å². The van der Waals surface area contributed by atoms with Crippen LogP contribution in [0.1, 0.15) is 37.0 Å². The molecule has 1 fully saturated rings. The Labute approximate surface area is 171 Å². The Bertz CT molecular complexity index is 618. The molecule has 0 bridgehead atoms. The van der Waals surface area contributed by atoms with E-state index in [0.29, 0.717) is 0 Å². The first-order valence-corrected chi connectivity index (χ1v) is 9.66. The Morgan fingerprint density at radius 1 is 1.28 bits per heavy atom. The molecule has 2 heterocycles. The standard InChI is InChI=1S/C18H27N5S.HI/c1-19-17(20-11-13-23-12-6-10-22-23)21-15-18(8-3-2-4-9-18)16-7-5-14-24-16;/h5-7,10,12,14H,2-4,8-9,11,13,15H2,1H3,(H2,19,20,21);1H. The fourth-order valence-electron chi connectivity index (χ4n) is 3.51. The minimum absolute atomic E-state index is 0. The molecule has 0 unspecified atom stereocenters. The van der Waals surface area contributed by atoms with Crippen molar-refractivity contribution in [2.45, 2.75) is 44.1 Å². The monoisotopic (exact) mass is 473 g/mol. The van der Waals surface area contributed by atoms with Crippen LogP contribution in [0.15, 0.2) is 41.0 Å². The molecule has 3 rings (SSSR count). The highest BCUT2D eigenvalue weighted by molar-refractivity contribution is 14.0. The summed E-state index contributed by atoms with van der Waals surface area (Å²) in [5.74, 6) is 0.878. The average molecular weight is 473 g/mol. The van der Waals surface area contributed by atoms with Gasteiger partial charge >= 0.3 is 0 Å². The molecule has 138 valence electrons. The molecule has 0 spiro atoms. The minimum Gasteiger partial charge on any atom is -0.355 e. The molecule has 1 aliphatic rings. The Morgan fingerprint density at radius 3 is 2.76 bits per heavy atom.